The van der Waals surface area contributed by atoms with Crippen LogP contribution in [0.3, 0.4) is 0 Å². The molecule has 0 saturated carbocycles. The summed E-state index contributed by atoms with van der Waals surface area (Å²) in [6, 6.07) is 3.81. The van der Waals surface area contributed by atoms with Gasteiger partial charge in [0.1, 0.15) is 5.15 Å². The Hall–Kier alpha value is -1.39. The molecular weight excluding hydrogens is 242 g/mol. The summed E-state index contributed by atoms with van der Waals surface area (Å²) in [5.74, 6) is 0. The van der Waals surface area contributed by atoms with Crippen LogP contribution in [0.5, 0.6) is 0 Å². The van der Waals surface area contributed by atoms with E-state index in [1.165, 1.54) is 0 Å². The van der Waals surface area contributed by atoms with Crippen LogP contribution < -0.4 is 0 Å². The lowest BCUT2D eigenvalue weighted by Gasteiger charge is -1.94. The molecule has 3 nitrogen and oxygen atoms in total. The summed E-state index contributed by atoms with van der Waals surface area (Å²) in [6.07, 6.45) is 3.81. The molecule has 0 saturated heterocycles. The third kappa shape index (κ3) is 1.50. The molecule has 0 amide bonds. The summed E-state index contributed by atoms with van der Waals surface area (Å²) in [5.41, 5.74) is 3.12. The fraction of sp³-hybridized carbons (Fsp3) is 0.0909. The SMILES string of the molecule is Cn1cc(-c2csc3ccc(Cl)nc23)cn1. The van der Waals surface area contributed by atoms with E-state index in [4.69, 9.17) is 11.6 Å². The fourth-order valence-corrected chi connectivity index (χ4v) is 2.71. The topological polar surface area (TPSA) is 30.7 Å². The van der Waals surface area contributed by atoms with Gasteiger partial charge in [-0.05, 0) is 12.1 Å². The third-order valence-corrected chi connectivity index (χ3v) is 3.55. The van der Waals surface area contributed by atoms with Crippen molar-refractivity contribution in [2.75, 3.05) is 0 Å². The highest BCUT2D eigenvalue weighted by atomic mass is 35.5. The Bertz CT molecular complexity index is 656. The van der Waals surface area contributed by atoms with Crippen LogP contribution in [0.4, 0.5) is 0 Å². The standard InChI is InChI=1S/C11H8ClN3S/c1-15-5-7(4-13-15)8-6-16-9-2-3-10(12)14-11(8)9/h2-6H,1H3. The molecule has 16 heavy (non-hydrogen) atoms. The zero-order valence-corrected chi connectivity index (χ0v) is 10.1. The number of fused-ring (bicyclic) bond motifs is 1. The second-order valence-electron chi connectivity index (χ2n) is 3.53. The third-order valence-electron chi connectivity index (χ3n) is 2.40. The fourth-order valence-electron chi connectivity index (χ4n) is 1.65. The van der Waals surface area contributed by atoms with Crippen LogP contribution in [-0.2, 0) is 7.05 Å². The van der Waals surface area contributed by atoms with Crippen molar-refractivity contribution in [1.82, 2.24) is 14.8 Å². The van der Waals surface area contributed by atoms with Crippen molar-refractivity contribution in [1.29, 1.82) is 0 Å². The van der Waals surface area contributed by atoms with E-state index in [0.29, 0.717) is 5.15 Å². The Morgan fingerprint density at radius 3 is 3.00 bits per heavy atom. The van der Waals surface area contributed by atoms with Crippen LogP contribution in [0.15, 0.2) is 29.9 Å². The lowest BCUT2D eigenvalue weighted by molar-refractivity contribution is 0.768. The predicted octanol–water partition coefficient (Wildman–Crippen LogP) is 3.35. The number of thiophene rings is 1. The predicted molar refractivity (Wildman–Crippen MR) is 66.8 cm³/mol. The van der Waals surface area contributed by atoms with Crippen molar-refractivity contribution < 1.29 is 0 Å². The Labute approximate surface area is 101 Å². The van der Waals surface area contributed by atoms with Gasteiger partial charge in [0.05, 0.1) is 16.4 Å². The van der Waals surface area contributed by atoms with Gasteiger partial charge in [-0.3, -0.25) is 4.68 Å². The highest BCUT2D eigenvalue weighted by Crippen LogP contribution is 2.33. The number of aromatic nitrogens is 3. The number of pyridine rings is 1. The lowest BCUT2D eigenvalue weighted by atomic mass is 10.2. The van der Waals surface area contributed by atoms with Crippen molar-refractivity contribution in [2.45, 2.75) is 0 Å². The van der Waals surface area contributed by atoms with E-state index in [0.717, 1.165) is 21.3 Å². The number of aryl methyl sites for hydroxylation is 1. The molecule has 0 spiro atoms. The summed E-state index contributed by atoms with van der Waals surface area (Å²) < 4.78 is 2.92. The van der Waals surface area contributed by atoms with Gasteiger partial charge in [0.2, 0.25) is 0 Å². The molecule has 0 N–H and O–H groups in total. The molecule has 3 heterocycles. The first-order chi connectivity index (χ1) is 7.74. The van der Waals surface area contributed by atoms with E-state index < -0.39 is 0 Å². The van der Waals surface area contributed by atoms with Gasteiger partial charge in [0, 0.05) is 29.8 Å². The van der Waals surface area contributed by atoms with Gasteiger partial charge in [0.15, 0.2) is 0 Å². The van der Waals surface area contributed by atoms with Gasteiger partial charge in [-0.15, -0.1) is 11.3 Å². The molecule has 0 bridgehead atoms. The highest BCUT2D eigenvalue weighted by molar-refractivity contribution is 7.17. The van der Waals surface area contributed by atoms with Crippen molar-refractivity contribution >= 4 is 33.2 Å². The van der Waals surface area contributed by atoms with Crippen molar-refractivity contribution in [3.63, 3.8) is 0 Å². The number of hydrogen-bond acceptors (Lipinski definition) is 3. The lowest BCUT2D eigenvalue weighted by Crippen LogP contribution is -1.84. The van der Waals surface area contributed by atoms with Crippen LogP contribution in [-0.4, -0.2) is 14.8 Å². The summed E-state index contributed by atoms with van der Waals surface area (Å²) in [5, 5.41) is 6.77. The Morgan fingerprint density at radius 1 is 1.38 bits per heavy atom. The molecule has 3 aromatic rings. The minimum Gasteiger partial charge on any atom is -0.275 e. The van der Waals surface area contributed by atoms with E-state index in [-0.39, 0.29) is 0 Å². The molecule has 0 unspecified atom stereocenters. The normalized spacial score (nSPS) is 11.1. The zero-order chi connectivity index (χ0) is 11.1. The van der Waals surface area contributed by atoms with E-state index in [1.54, 1.807) is 16.0 Å². The Balaban J connectivity index is 2.27. The van der Waals surface area contributed by atoms with E-state index in [2.05, 4.69) is 15.5 Å². The van der Waals surface area contributed by atoms with Gasteiger partial charge in [-0.1, -0.05) is 11.6 Å². The Morgan fingerprint density at radius 2 is 2.25 bits per heavy atom. The molecule has 3 rings (SSSR count). The first-order valence-electron chi connectivity index (χ1n) is 4.77. The first-order valence-corrected chi connectivity index (χ1v) is 6.02. The van der Waals surface area contributed by atoms with Crippen LogP contribution >= 0.6 is 22.9 Å². The molecule has 0 aliphatic heterocycles. The van der Waals surface area contributed by atoms with Crippen LogP contribution in [0.25, 0.3) is 21.3 Å². The molecule has 80 valence electrons. The molecule has 5 heteroatoms. The molecule has 3 aromatic heterocycles. The quantitative estimate of drug-likeness (QED) is 0.619. The average molecular weight is 250 g/mol. The van der Waals surface area contributed by atoms with E-state index in [1.807, 2.05) is 31.6 Å². The average Bonchev–Trinajstić information content (AvgIpc) is 2.83. The monoisotopic (exact) mass is 249 g/mol. The van der Waals surface area contributed by atoms with E-state index >= 15 is 0 Å². The minimum absolute atomic E-state index is 0.524. The molecule has 0 aromatic carbocycles. The highest BCUT2D eigenvalue weighted by Gasteiger charge is 2.09. The van der Waals surface area contributed by atoms with Gasteiger partial charge in [0.25, 0.3) is 0 Å². The molecule has 0 aliphatic carbocycles. The van der Waals surface area contributed by atoms with Crippen molar-refractivity contribution in [3.8, 4) is 11.1 Å². The van der Waals surface area contributed by atoms with Crippen LogP contribution in [0.1, 0.15) is 0 Å². The second-order valence-corrected chi connectivity index (χ2v) is 4.83. The van der Waals surface area contributed by atoms with Crippen LogP contribution in [0.2, 0.25) is 5.15 Å². The van der Waals surface area contributed by atoms with Gasteiger partial charge < -0.3 is 0 Å². The smallest absolute Gasteiger partial charge is 0.129 e. The first kappa shape index (κ1) is 9.81. The van der Waals surface area contributed by atoms with Gasteiger partial charge >= 0.3 is 0 Å². The summed E-state index contributed by atoms with van der Waals surface area (Å²) in [7, 11) is 1.90. The number of rotatable bonds is 1. The zero-order valence-electron chi connectivity index (χ0n) is 8.51. The maximum atomic E-state index is 5.91. The van der Waals surface area contributed by atoms with Crippen LogP contribution in [0, 0.1) is 0 Å². The second kappa shape index (κ2) is 3.57. The molecule has 0 fully saturated rings. The largest absolute Gasteiger partial charge is 0.275 e. The molecular formula is C11H8ClN3S. The number of hydrogen-bond donors (Lipinski definition) is 0. The summed E-state index contributed by atoms with van der Waals surface area (Å²) >= 11 is 7.58. The van der Waals surface area contributed by atoms with E-state index in [9.17, 15) is 0 Å². The molecule has 0 radical (unpaired) electrons. The van der Waals surface area contributed by atoms with Gasteiger partial charge in [-0.2, -0.15) is 5.10 Å². The minimum atomic E-state index is 0.524. The van der Waals surface area contributed by atoms with Gasteiger partial charge in [-0.25, -0.2) is 4.98 Å². The maximum absolute atomic E-state index is 5.91. The number of halogens is 1. The summed E-state index contributed by atoms with van der Waals surface area (Å²) in [4.78, 5) is 4.36. The molecule has 0 aliphatic rings. The Kier molecular flexibility index (Phi) is 2.19. The molecule has 0 atom stereocenters. The van der Waals surface area contributed by atoms with Crippen molar-refractivity contribution in [2.24, 2.45) is 7.05 Å². The van der Waals surface area contributed by atoms with Crippen molar-refractivity contribution in [3.05, 3.63) is 35.1 Å². The summed E-state index contributed by atoms with van der Waals surface area (Å²) in [6.45, 7) is 0. The maximum Gasteiger partial charge on any atom is 0.129 e. The number of nitrogens with zero attached hydrogens (tertiary/aromatic N) is 3.